The predicted molar refractivity (Wildman–Crippen MR) is 83.7 cm³/mol. The second kappa shape index (κ2) is 7.35. The molecule has 0 saturated carbocycles. The lowest BCUT2D eigenvalue weighted by atomic mass is 9.79. The van der Waals surface area contributed by atoms with Gasteiger partial charge in [0.2, 0.25) is 0 Å². The van der Waals surface area contributed by atoms with Crippen LogP contribution in [0.3, 0.4) is 0 Å². The number of carbonyl (C=O) groups is 1. The van der Waals surface area contributed by atoms with Crippen molar-refractivity contribution in [2.45, 2.75) is 0 Å². The molecule has 2 aromatic carbocycles. The molecule has 2 aromatic rings. The molecule has 0 atom stereocenters. The van der Waals surface area contributed by atoms with Crippen LogP contribution in [0.4, 0.5) is 5.69 Å². The SMILES string of the molecule is O=C(Oc1ccccc1/C=N/O)c1cc(B(O)O)cc([N+](=O)[O-])c1. The molecule has 0 spiro atoms. The van der Waals surface area contributed by atoms with Crippen molar-refractivity contribution < 1.29 is 29.7 Å². The van der Waals surface area contributed by atoms with Crippen LogP contribution in [0.25, 0.3) is 0 Å². The third-order valence-electron chi connectivity index (χ3n) is 3.00. The van der Waals surface area contributed by atoms with Gasteiger partial charge >= 0.3 is 13.1 Å². The molecule has 10 heteroatoms. The van der Waals surface area contributed by atoms with Gasteiger partial charge in [0.05, 0.1) is 16.7 Å². The molecule has 0 bridgehead atoms. The Morgan fingerprint density at radius 1 is 1.25 bits per heavy atom. The van der Waals surface area contributed by atoms with E-state index in [1.807, 2.05) is 0 Å². The van der Waals surface area contributed by atoms with Gasteiger partial charge in [-0.3, -0.25) is 10.1 Å². The summed E-state index contributed by atoms with van der Waals surface area (Å²) in [6, 6.07) is 9.13. The van der Waals surface area contributed by atoms with E-state index < -0.39 is 23.7 Å². The number of benzene rings is 2. The Morgan fingerprint density at radius 3 is 2.58 bits per heavy atom. The fourth-order valence-electron chi connectivity index (χ4n) is 1.91. The standard InChI is InChI=1S/C14H11BN2O7/c18-14(24-13-4-2-1-3-9(13)8-16-21)10-5-11(15(19)20)7-12(6-10)17(22)23/h1-8,19-21H/b16-8+. The van der Waals surface area contributed by atoms with Crippen LogP contribution in [0, 0.1) is 10.1 Å². The summed E-state index contributed by atoms with van der Waals surface area (Å²) in [4.78, 5) is 22.3. The highest BCUT2D eigenvalue weighted by Crippen LogP contribution is 2.19. The summed E-state index contributed by atoms with van der Waals surface area (Å²) in [7, 11) is -1.98. The Kier molecular flexibility index (Phi) is 5.25. The maximum Gasteiger partial charge on any atom is 0.488 e. The van der Waals surface area contributed by atoms with Crippen LogP contribution < -0.4 is 10.2 Å². The maximum atomic E-state index is 12.2. The third-order valence-corrected chi connectivity index (χ3v) is 3.00. The first kappa shape index (κ1) is 17.1. The average molecular weight is 330 g/mol. The first-order chi connectivity index (χ1) is 11.4. The van der Waals surface area contributed by atoms with Gasteiger partial charge in [-0.25, -0.2) is 4.79 Å². The lowest BCUT2D eigenvalue weighted by molar-refractivity contribution is -0.384. The van der Waals surface area contributed by atoms with Crippen LogP contribution in [0.15, 0.2) is 47.6 Å². The molecule has 3 N–H and O–H groups in total. The molecule has 0 unspecified atom stereocenters. The fraction of sp³-hybridized carbons (Fsp3) is 0. The van der Waals surface area contributed by atoms with Crippen molar-refractivity contribution in [3.05, 3.63) is 63.7 Å². The number of nitro benzene ring substituents is 1. The van der Waals surface area contributed by atoms with E-state index in [1.54, 1.807) is 12.1 Å². The summed E-state index contributed by atoms with van der Waals surface area (Å²) in [6.07, 6.45) is 1.05. The number of rotatable bonds is 5. The number of hydrogen-bond acceptors (Lipinski definition) is 8. The summed E-state index contributed by atoms with van der Waals surface area (Å²) in [5.74, 6) is -0.878. The smallest absolute Gasteiger partial charge is 0.423 e. The number of esters is 1. The number of para-hydroxylation sites is 1. The summed E-state index contributed by atoms with van der Waals surface area (Å²) in [5, 5.41) is 40.7. The zero-order valence-electron chi connectivity index (χ0n) is 12.1. The molecule has 0 radical (unpaired) electrons. The first-order valence-electron chi connectivity index (χ1n) is 6.56. The van der Waals surface area contributed by atoms with Crippen molar-refractivity contribution in [3.8, 4) is 5.75 Å². The minimum atomic E-state index is -1.98. The molecule has 0 aromatic heterocycles. The van der Waals surface area contributed by atoms with Gasteiger partial charge in [-0.2, -0.15) is 0 Å². The molecule has 24 heavy (non-hydrogen) atoms. The van der Waals surface area contributed by atoms with Gasteiger partial charge in [-0.1, -0.05) is 17.3 Å². The minimum Gasteiger partial charge on any atom is -0.423 e. The highest BCUT2D eigenvalue weighted by atomic mass is 16.6. The molecule has 9 nitrogen and oxygen atoms in total. The van der Waals surface area contributed by atoms with Crippen LogP contribution in [0.5, 0.6) is 5.75 Å². The highest BCUT2D eigenvalue weighted by Gasteiger charge is 2.21. The average Bonchev–Trinajstić information content (AvgIpc) is 2.56. The Bertz CT molecular complexity index is 807. The highest BCUT2D eigenvalue weighted by molar-refractivity contribution is 6.58. The molecule has 122 valence electrons. The number of oxime groups is 1. The molecule has 2 rings (SSSR count). The zero-order valence-corrected chi connectivity index (χ0v) is 12.1. The topological polar surface area (TPSA) is 142 Å². The summed E-state index contributed by atoms with van der Waals surface area (Å²) < 4.78 is 5.13. The second-order valence-corrected chi connectivity index (χ2v) is 4.62. The Balaban J connectivity index is 2.38. The number of nitrogens with zero attached hydrogens (tertiary/aromatic N) is 2. The molecular weight excluding hydrogens is 319 g/mol. The van der Waals surface area contributed by atoms with Gasteiger partial charge in [0.1, 0.15) is 5.75 Å². The van der Waals surface area contributed by atoms with Crippen LogP contribution in [-0.2, 0) is 0 Å². The van der Waals surface area contributed by atoms with E-state index in [0.717, 1.165) is 24.4 Å². The monoisotopic (exact) mass is 330 g/mol. The van der Waals surface area contributed by atoms with E-state index in [-0.39, 0.29) is 16.8 Å². The van der Waals surface area contributed by atoms with Crippen LogP contribution in [-0.4, -0.2) is 39.5 Å². The van der Waals surface area contributed by atoms with E-state index >= 15 is 0 Å². The second-order valence-electron chi connectivity index (χ2n) is 4.62. The number of hydrogen-bond donors (Lipinski definition) is 3. The maximum absolute atomic E-state index is 12.2. The molecule has 0 heterocycles. The van der Waals surface area contributed by atoms with Gasteiger partial charge in [0.15, 0.2) is 0 Å². The molecule has 0 aliphatic rings. The van der Waals surface area contributed by atoms with Crippen molar-refractivity contribution >= 4 is 30.5 Å². The normalized spacial score (nSPS) is 10.6. The van der Waals surface area contributed by atoms with Gasteiger partial charge < -0.3 is 20.0 Å². The van der Waals surface area contributed by atoms with Gasteiger partial charge in [-0.05, 0) is 23.7 Å². The number of non-ortho nitro benzene ring substituents is 1. The third kappa shape index (κ3) is 3.94. The number of carbonyl (C=O) groups excluding carboxylic acids is 1. The molecular formula is C14H11BN2O7. The fourth-order valence-corrected chi connectivity index (χ4v) is 1.91. The lowest BCUT2D eigenvalue weighted by Gasteiger charge is -2.08. The quantitative estimate of drug-likeness (QED) is 0.136. The van der Waals surface area contributed by atoms with Crippen molar-refractivity contribution in [3.63, 3.8) is 0 Å². The molecule has 0 saturated heterocycles. The predicted octanol–water partition coefficient (Wildman–Crippen LogP) is 0.302. The lowest BCUT2D eigenvalue weighted by Crippen LogP contribution is -2.31. The molecule has 0 amide bonds. The Labute approximate surface area is 135 Å². The zero-order chi connectivity index (χ0) is 17.7. The molecule has 0 fully saturated rings. The molecule has 0 aliphatic heterocycles. The van der Waals surface area contributed by atoms with E-state index in [0.29, 0.717) is 5.56 Å². The van der Waals surface area contributed by atoms with Crippen LogP contribution in [0.1, 0.15) is 15.9 Å². The Hall–Kier alpha value is -3.24. The van der Waals surface area contributed by atoms with Gasteiger partial charge in [-0.15, -0.1) is 0 Å². The summed E-state index contributed by atoms with van der Waals surface area (Å²) in [5.41, 5.74) is -0.636. The largest absolute Gasteiger partial charge is 0.488 e. The summed E-state index contributed by atoms with van der Waals surface area (Å²) >= 11 is 0. The van der Waals surface area contributed by atoms with Crippen LogP contribution >= 0.6 is 0 Å². The van der Waals surface area contributed by atoms with Crippen molar-refractivity contribution in [2.24, 2.45) is 5.16 Å². The van der Waals surface area contributed by atoms with Crippen LogP contribution in [0.2, 0.25) is 0 Å². The summed E-state index contributed by atoms with van der Waals surface area (Å²) in [6.45, 7) is 0. The van der Waals surface area contributed by atoms with E-state index in [2.05, 4.69) is 5.16 Å². The van der Waals surface area contributed by atoms with Gasteiger partial charge in [0, 0.05) is 17.7 Å². The van der Waals surface area contributed by atoms with E-state index in [1.165, 1.54) is 12.1 Å². The Morgan fingerprint density at radius 2 is 1.96 bits per heavy atom. The number of nitro groups is 1. The van der Waals surface area contributed by atoms with E-state index in [4.69, 9.17) is 9.94 Å². The van der Waals surface area contributed by atoms with Crippen molar-refractivity contribution in [1.82, 2.24) is 0 Å². The first-order valence-corrected chi connectivity index (χ1v) is 6.56. The number of ether oxygens (including phenoxy) is 1. The van der Waals surface area contributed by atoms with Gasteiger partial charge in [0.25, 0.3) is 5.69 Å². The minimum absolute atomic E-state index is 0.0675. The van der Waals surface area contributed by atoms with E-state index in [9.17, 15) is 25.0 Å². The van der Waals surface area contributed by atoms with Crippen molar-refractivity contribution in [2.75, 3.05) is 0 Å². The van der Waals surface area contributed by atoms with Crippen molar-refractivity contribution in [1.29, 1.82) is 0 Å². The molecule has 0 aliphatic carbocycles.